The van der Waals surface area contributed by atoms with Gasteiger partial charge in [-0.1, -0.05) is 39.3 Å². The predicted octanol–water partition coefficient (Wildman–Crippen LogP) is 5.32. The average molecular weight is 286 g/mol. The Bertz CT molecular complexity index is 512. The van der Waals surface area contributed by atoms with Gasteiger partial charge in [-0.05, 0) is 66.3 Å². The van der Waals surface area contributed by atoms with E-state index in [-0.39, 0.29) is 10.8 Å². The van der Waals surface area contributed by atoms with Crippen LogP contribution in [0.4, 0.5) is 0 Å². The van der Waals surface area contributed by atoms with E-state index >= 15 is 0 Å². The molecular weight excluding hydrogens is 256 g/mol. The van der Waals surface area contributed by atoms with Gasteiger partial charge in [-0.25, -0.2) is 0 Å². The third kappa shape index (κ3) is 2.24. The van der Waals surface area contributed by atoms with Gasteiger partial charge in [0.25, 0.3) is 0 Å². The van der Waals surface area contributed by atoms with Crippen LogP contribution in [0, 0.1) is 28.1 Å². The molecule has 0 saturated heterocycles. The van der Waals surface area contributed by atoms with Crippen LogP contribution in [0.1, 0.15) is 66.2 Å². The first-order valence-corrected chi connectivity index (χ1v) is 8.59. The minimum atomic E-state index is 0.147. The van der Waals surface area contributed by atoms with Crippen molar-refractivity contribution in [1.82, 2.24) is 0 Å². The standard InChI is InChI=1S/C20H30O/c1-6-19(4)9-10-20(5)14(12-19)7-8-16-17(20)11-15(21)13-18(16,2)3/h6,11,14,16H,1,7-10,12-13H2,2-5H3. The molecule has 116 valence electrons. The van der Waals surface area contributed by atoms with Gasteiger partial charge in [0.2, 0.25) is 0 Å². The lowest BCUT2D eigenvalue weighted by Crippen LogP contribution is -2.48. The molecule has 3 aliphatic rings. The van der Waals surface area contributed by atoms with Gasteiger partial charge in [0, 0.05) is 6.42 Å². The zero-order valence-electron chi connectivity index (χ0n) is 14.2. The molecule has 0 aromatic rings. The summed E-state index contributed by atoms with van der Waals surface area (Å²) >= 11 is 0. The van der Waals surface area contributed by atoms with E-state index in [1.807, 2.05) is 6.08 Å². The van der Waals surface area contributed by atoms with Crippen molar-refractivity contribution in [2.45, 2.75) is 66.2 Å². The molecule has 1 heteroatoms. The number of hydrogen-bond donors (Lipinski definition) is 0. The van der Waals surface area contributed by atoms with Crippen molar-refractivity contribution in [3.63, 3.8) is 0 Å². The highest BCUT2D eigenvalue weighted by Crippen LogP contribution is 2.62. The van der Waals surface area contributed by atoms with Crippen LogP contribution >= 0.6 is 0 Å². The van der Waals surface area contributed by atoms with Gasteiger partial charge in [-0.15, -0.1) is 6.58 Å². The summed E-state index contributed by atoms with van der Waals surface area (Å²) in [6.45, 7) is 13.4. The number of carbonyl (C=O) groups is 1. The van der Waals surface area contributed by atoms with E-state index in [0.717, 1.165) is 12.3 Å². The fraction of sp³-hybridized carbons (Fsp3) is 0.750. The molecule has 0 aromatic heterocycles. The second kappa shape index (κ2) is 4.57. The van der Waals surface area contributed by atoms with Crippen LogP contribution in [0.25, 0.3) is 0 Å². The minimum Gasteiger partial charge on any atom is -0.295 e. The summed E-state index contributed by atoms with van der Waals surface area (Å²) < 4.78 is 0. The van der Waals surface area contributed by atoms with Crippen LogP contribution in [0.15, 0.2) is 24.3 Å². The fourth-order valence-corrected chi connectivity index (χ4v) is 5.42. The van der Waals surface area contributed by atoms with Gasteiger partial charge in [0.15, 0.2) is 5.78 Å². The summed E-state index contributed by atoms with van der Waals surface area (Å²) in [5.74, 6) is 1.69. The van der Waals surface area contributed by atoms with Gasteiger partial charge >= 0.3 is 0 Å². The Labute approximate surface area is 129 Å². The van der Waals surface area contributed by atoms with Gasteiger partial charge in [-0.2, -0.15) is 0 Å². The van der Waals surface area contributed by atoms with Crippen molar-refractivity contribution in [1.29, 1.82) is 0 Å². The molecule has 2 fully saturated rings. The summed E-state index contributed by atoms with van der Waals surface area (Å²) in [4.78, 5) is 12.2. The van der Waals surface area contributed by atoms with Crippen LogP contribution in [0.3, 0.4) is 0 Å². The molecule has 4 atom stereocenters. The number of fused-ring (bicyclic) bond motifs is 3. The molecule has 0 bridgehead atoms. The topological polar surface area (TPSA) is 17.1 Å². The maximum absolute atomic E-state index is 12.2. The lowest BCUT2D eigenvalue weighted by Gasteiger charge is -2.57. The Hall–Kier alpha value is -0.850. The van der Waals surface area contributed by atoms with E-state index in [9.17, 15) is 4.79 Å². The van der Waals surface area contributed by atoms with E-state index in [1.54, 1.807) is 0 Å². The Morgan fingerprint density at radius 3 is 2.57 bits per heavy atom. The zero-order valence-corrected chi connectivity index (χ0v) is 14.2. The molecule has 21 heavy (non-hydrogen) atoms. The van der Waals surface area contributed by atoms with E-state index < -0.39 is 0 Å². The second-order valence-corrected chi connectivity index (χ2v) is 9.04. The Morgan fingerprint density at radius 2 is 1.90 bits per heavy atom. The molecule has 3 rings (SSSR count). The molecule has 0 spiro atoms. The van der Waals surface area contributed by atoms with Gasteiger partial charge in [-0.3, -0.25) is 4.79 Å². The molecule has 3 aliphatic carbocycles. The minimum absolute atomic E-state index is 0.147. The van der Waals surface area contributed by atoms with Gasteiger partial charge in [0.1, 0.15) is 0 Å². The van der Waals surface area contributed by atoms with Crippen LogP contribution in [0.2, 0.25) is 0 Å². The molecule has 0 amide bonds. The number of hydrogen-bond acceptors (Lipinski definition) is 1. The third-order valence-corrected chi connectivity index (χ3v) is 7.05. The Balaban J connectivity index is 1.98. The summed E-state index contributed by atoms with van der Waals surface area (Å²) in [7, 11) is 0. The highest BCUT2D eigenvalue weighted by Gasteiger charge is 2.53. The SMILES string of the molecule is C=CC1(C)CCC2(C)C3=CC(=O)CC(C)(C)C3CCC2C1. The lowest BCUT2D eigenvalue weighted by molar-refractivity contribution is -0.119. The van der Waals surface area contributed by atoms with Crippen LogP contribution in [-0.4, -0.2) is 5.78 Å². The fourth-order valence-electron chi connectivity index (χ4n) is 5.42. The largest absolute Gasteiger partial charge is 0.295 e. The normalized spacial score (nSPS) is 45.3. The summed E-state index contributed by atoms with van der Waals surface area (Å²) in [6, 6.07) is 0. The first-order chi connectivity index (χ1) is 9.70. The number of ketones is 1. The first kappa shape index (κ1) is 15.1. The van der Waals surface area contributed by atoms with E-state index in [0.29, 0.717) is 17.1 Å². The number of carbonyl (C=O) groups excluding carboxylic acids is 1. The maximum atomic E-state index is 12.2. The van der Waals surface area contributed by atoms with Crippen LogP contribution in [-0.2, 0) is 4.79 Å². The van der Waals surface area contributed by atoms with Gasteiger partial charge in [0.05, 0.1) is 0 Å². The van der Waals surface area contributed by atoms with Crippen molar-refractivity contribution < 1.29 is 4.79 Å². The molecule has 0 aromatic carbocycles. The third-order valence-electron chi connectivity index (χ3n) is 7.05. The lowest BCUT2D eigenvalue weighted by atomic mass is 9.47. The second-order valence-electron chi connectivity index (χ2n) is 9.04. The summed E-state index contributed by atoms with van der Waals surface area (Å²) in [5.41, 5.74) is 2.19. The van der Waals surface area contributed by atoms with Crippen molar-refractivity contribution in [3.05, 3.63) is 24.3 Å². The predicted molar refractivity (Wildman–Crippen MR) is 88.0 cm³/mol. The quantitative estimate of drug-likeness (QED) is 0.596. The molecule has 0 N–H and O–H groups in total. The number of allylic oxidation sites excluding steroid dienone is 3. The zero-order chi connectivity index (χ0) is 15.5. The molecule has 2 saturated carbocycles. The highest BCUT2D eigenvalue weighted by atomic mass is 16.1. The molecule has 4 unspecified atom stereocenters. The molecular formula is C20H30O. The van der Waals surface area contributed by atoms with E-state index in [2.05, 4.69) is 40.3 Å². The van der Waals surface area contributed by atoms with Crippen molar-refractivity contribution >= 4 is 5.78 Å². The van der Waals surface area contributed by atoms with Crippen LogP contribution in [0.5, 0.6) is 0 Å². The molecule has 0 radical (unpaired) electrons. The summed E-state index contributed by atoms with van der Waals surface area (Å²) in [5, 5.41) is 0. The van der Waals surface area contributed by atoms with Gasteiger partial charge < -0.3 is 0 Å². The van der Waals surface area contributed by atoms with Crippen molar-refractivity contribution in [3.8, 4) is 0 Å². The molecule has 0 heterocycles. The van der Waals surface area contributed by atoms with Crippen LogP contribution < -0.4 is 0 Å². The van der Waals surface area contributed by atoms with E-state index in [4.69, 9.17) is 0 Å². The Morgan fingerprint density at radius 1 is 1.19 bits per heavy atom. The first-order valence-electron chi connectivity index (χ1n) is 8.59. The number of rotatable bonds is 1. The molecule has 1 nitrogen and oxygen atoms in total. The summed E-state index contributed by atoms with van der Waals surface area (Å²) in [6.07, 6.45) is 11.2. The van der Waals surface area contributed by atoms with Crippen molar-refractivity contribution in [2.24, 2.45) is 28.1 Å². The monoisotopic (exact) mass is 286 g/mol. The molecule has 0 aliphatic heterocycles. The van der Waals surface area contributed by atoms with E-state index in [1.165, 1.54) is 37.7 Å². The maximum Gasteiger partial charge on any atom is 0.156 e. The highest BCUT2D eigenvalue weighted by molar-refractivity contribution is 5.92. The average Bonchev–Trinajstić information content (AvgIpc) is 2.39. The van der Waals surface area contributed by atoms with Crippen molar-refractivity contribution in [2.75, 3.05) is 0 Å². The Kier molecular flexibility index (Phi) is 3.28. The smallest absolute Gasteiger partial charge is 0.156 e.